The van der Waals surface area contributed by atoms with E-state index >= 15 is 0 Å². The van der Waals surface area contributed by atoms with Crippen LogP contribution in [0.2, 0.25) is 0 Å². The molecule has 0 atom stereocenters. The first kappa shape index (κ1) is 15.2. The van der Waals surface area contributed by atoms with Gasteiger partial charge in [-0.3, -0.25) is 4.79 Å². The lowest BCUT2D eigenvalue weighted by atomic mass is 9.88. The van der Waals surface area contributed by atoms with Gasteiger partial charge in [0, 0.05) is 16.4 Å². The molecule has 0 aliphatic carbocycles. The van der Waals surface area contributed by atoms with Crippen LogP contribution < -0.4 is 10.8 Å². The maximum atomic E-state index is 12.1. The van der Waals surface area contributed by atoms with Crippen molar-refractivity contribution in [2.45, 2.75) is 39.4 Å². The molecule has 0 aliphatic heterocycles. The van der Waals surface area contributed by atoms with Gasteiger partial charge in [-0.1, -0.05) is 42.2 Å². The van der Waals surface area contributed by atoms with Crippen LogP contribution in [0.4, 0.5) is 5.82 Å². The van der Waals surface area contributed by atoms with Crippen LogP contribution in [-0.2, 0) is 10.1 Å². The zero-order valence-corrected chi connectivity index (χ0v) is 13.3. The molecule has 98 valence electrons. The summed E-state index contributed by atoms with van der Waals surface area (Å²) in [5.74, 6) is 0.653. The largest absolute Gasteiger partial charge is 0.310 e. The van der Waals surface area contributed by atoms with Crippen LogP contribution in [0.25, 0.3) is 0 Å². The van der Waals surface area contributed by atoms with Crippen LogP contribution >= 0.6 is 15.9 Å². The first-order chi connectivity index (χ1) is 8.31. The number of aryl methyl sites for hydroxylation is 1. The SMILES string of the molecule is Bc1c(CBr)cc(NC(=O)C(C)(C)CC)nc1C. The number of halogens is 1. The molecule has 1 amide bonds. The quantitative estimate of drug-likeness (QED) is 0.682. The summed E-state index contributed by atoms with van der Waals surface area (Å²) in [5, 5.41) is 3.67. The minimum absolute atomic E-state index is 0.0151. The second-order valence-electron chi connectivity index (χ2n) is 5.20. The van der Waals surface area contributed by atoms with E-state index in [0.29, 0.717) is 5.82 Å². The van der Waals surface area contributed by atoms with Crippen molar-refractivity contribution < 1.29 is 4.79 Å². The van der Waals surface area contributed by atoms with Crippen LogP contribution in [0.3, 0.4) is 0 Å². The van der Waals surface area contributed by atoms with Crippen molar-refractivity contribution in [1.29, 1.82) is 0 Å². The van der Waals surface area contributed by atoms with Gasteiger partial charge in [0.15, 0.2) is 0 Å². The molecule has 1 aromatic rings. The molecule has 0 bridgehead atoms. The van der Waals surface area contributed by atoms with Gasteiger partial charge in [-0.2, -0.15) is 0 Å². The summed E-state index contributed by atoms with van der Waals surface area (Å²) in [5.41, 5.74) is 2.91. The van der Waals surface area contributed by atoms with E-state index in [0.717, 1.165) is 23.0 Å². The smallest absolute Gasteiger partial charge is 0.231 e. The highest BCUT2D eigenvalue weighted by Crippen LogP contribution is 2.22. The molecule has 0 saturated heterocycles. The van der Waals surface area contributed by atoms with Crippen molar-refractivity contribution in [3.8, 4) is 0 Å². The second-order valence-corrected chi connectivity index (χ2v) is 5.76. The fourth-order valence-corrected chi connectivity index (χ4v) is 2.03. The molecule has 0 fully saturated rings. The van der Waals surface area contributed by atoms with E-state index in [1.54, 1.807) is 0 Å². The Morgan fingerprint density at radius 2 is 2.17 bits per heavy atom. The maximum absolute atomic E-state index is 12.1. The number of hydrogen-bond acceptors (Lipinski definition) is 2. The molecule has 3 nitrogen and oxygen atoms in total. The number of nitrogens with one attached hydrogen (secondary N) is 1. The van der Waals surface area contributed by atoms with Crippen molar-refractivity contribution in [1.82, 2.24) is 4.98 Å². The molecule has 1 rings (SSSR count). The third kappa shape index (κ3) is 3.34. The van der Waals surface area contributed by atoms with E-state index in [9.17, 15) is 4.79 Å². The molecule has 5 heteroatoms. The van der Waals surface area contributed by atoms with Gasteiger partial charge in [0.2, 0.25) is 5.91 Å². The molecule has 0 spiro atoms. The average Bonchev–Trinajstić information content (AvgIpc) is 2.33. The van der Waals surface area contributed by atoms with E-state index in [-0.39, 0.29) is 11.3 Å². The Bertz CT molecular complexity index is 461. The average molecular weight is 311 g/mol. The number of aromatic nitrogens is 1. The van der Waals surface area contributed by atoms with Gasteiger partial charge < -0.3 is 5.32 Å². The summed E-state index contributed by atoms with van der Waals surface area (Å²) in [4.78, 5) is 16.5. The Labute approximate surface area is 118 Å². The van der Waals surface area contributed by atoms with Gasteiger partial charge in [-0.15, -0.1) is 0 Å². The van der Waals surface area contributed by atoms with E-state index in [4.69, 9.17) is 0 Å². The van der Waals surface area contributed by atoms with Crippen LogP contribution in [-0.4, -0.2) is 18.7 Å². The summed E-state index contributed by atoms with van der Waals surface area (Å²) in [6, 6.07) is 1.93. The lowest BCUT2D eigenvalue weighted by Gasteiger charge is -2.21. The van der Waals surface area contributed by atoms with Crippen LogP contribution in [0.1, 0.15) is 38.4 Å². The Morgan fingerprint density at radius 1 is 1.56 bits per heavy atom. The van der Waals surface area contributed by atoms with Crippen LogP contribution in [0.5, 0.6) is 0 Å². The molecule has 0 aromatic carbocycles. The summed E-state index contributed by atoms with van der Waals surface area (Å²) >= 11 is 3.46. The molecule has 0 saturated carbocycles. The third-order valence-corrected chi connectivity index (χ3v) is 4.11. The van der Waals surface area contributed by atoms with Crippen LogP contribution in [0.15, 0.2) is 6.07 Å². The zero-order valence-electron chi connectivity index (χ0n) is 11.7. The van der Waals surface area contributed by atoms with Crippen molar-refractivity contribution in [3.05, 3.63) is 17.3 Å². The molecule has 0 aliphatic rings. The molecular formula is C13H20BBrN2O. The van der Waals surface area contributed by atoms with Gasteiger partial charge in [-0.25, -0.2) is 4.98 Å². The predicted molar refractivity (Wildman–Crippen MR) is 82.5 cm³/mol. The minimum Gasteiger partial charge on any atom is -0.310 e. The summed E-state index contributed by atoms with van der Waals surface area (Å²) < 4.78 is 0. The Kier molecular flexibility index (Phi) is 4.96. The summed E-state index contributed by atoms with van der Waals surface area (Å²) in [6.45, 7) is 7.85. The molecule has 1 N–H and O–H groups in total. The van der Waals surface area contributed by atoms with E-state index in [1.165, 1.54) is 5.46 Å². The normalized spacial score (nSPS) is 11.4. The van der Waals surface area contributed by atoms with Gasteiger partial charge in [-0.05, 0) is 25.0 Å². The highest BCUT2D eigenvalue weighted by atomic mass is 79.9. The van der Waals surface area contributed by atoms with E-state index < -0.39 is 0 Å². The maximum Gasteiger partial charge on any atom is 0.231 e. The number of anilines is 1. The van der Waals surface area contributed by atoms with Gasteiger partial charge in [0.05, 0.1) is 0 Å². The molecular weight excluding hydrogens is 291 g/mol. The summed E-state index contributed by atoms with van der Waals surface area (Å²) in [6.07, 6.45) is 0.801. The van der Waals surface area contributed by atoms with Crippen LogP contribution in [0, 0.1) is 12.3 Å². The highest BCUT2D eigenvalue weighted by Gasteiger charge is 2.25. The number of amides is 1. The number of nitrogens with zero attached hydrogens (tertiary/aromatic N) is 1. The third-order valence-electron chi connectivity index (χ3n) is 3.51. The fraction of sp³-hybridized carbons (Fsp3) is 0.538. The number of alkyl halides is 1. The minimum atomic E-state index is -0.366. The zero-order chi connectivity index (χ0) is 13.9. The monoisotopic (exact) mass is 310 g/mol. The topological polar surface area (TPSA) is 42.0 Å². The van der Waals surface area contributed by atoms with Crippen molar-refractivity contribution in [2.75, 3.05) is 5.32 Å². The van der Waals surface area contributed by atoms with Gasteiger partial charge in [0.25, 0.3) is 0 Å². The van der Waals surface area contributed by atoms with Gasteiger partial charge >= 0.3 is 0 Å². The molecule has 1 aromatic heterocycles. The number of carbonyl (C=O) groups is 1. The standard InChI is InChI=1S/C13H20BBrN2O/c1-5-13(3,4)12(18)17-10-6-9(7-15)11(14)8(2)16-10/h6H,5,7,14H2,1-4H3,(H,16,17,18). The van der Waals surface area contributed by atoms with E-state index in [2.05, 4.69) is 26.2 Å². The second kappa shape index (κ2) is 5.87. The lowest BCUT2D eigenvalue weighted by Crippen LogP contribution is -2.31. The highest BCUT2D eigenvalue weighted by molar-refractivity contribution is 9.08. The first-order valence-corrected chi connectivity index (χ1v) is 7.28. The predicted octanol–water partition coefficient (Wildman–Crippen LogP) is 1.92. The molecule has 1 heterocycles. The molecule has 18 heavy (non-hydrogen) atoms. The van der Waals surface area contributed by atoms with Crippen molar-refractivity contribution in [3.63, 3.8) is 0 Å². The molecule has 0 radical (unpaired) electrons. The van der Waals surface area contributed by atoms with Crippen molar-refractivity contribution >= 4 is 41.0 Å². The lowest BCUT2D eigenvalue weighted by molar-refractivity contribution is -0.124. The van der Waals surface area contributed by atoms with Gasteiger partial charge in [0.1, 0.15) is 13.7 Å². The number of rotatable bonds is 4. The number of pyridine rings is 1. The first-order valence-electron chi connectivity index (χ1n) is 6.16. The Morgan fingerprint density at radius 3 is 2.67 bits per heavy atom. The number of carbonyl (C=O) groups excluding carboxylic acids is 1. The molecule has 0 unspecified atom stereocenters. The number of hydrogen-bond donors (Lipinski definition) is 1. The van der Waals surface area contributed by atoms with E-state index in [1.807, 2.05) is 41.6 Å². The fourth-order valence-electron chi connectivity index (χ4n) is 1.45. The summed E-state index contributed by atoms with van der Waals surface area (Å²) in [7, 11) is 2.04. The van der Waals surface area contributed by atoms with Crippen molar-refractivity contribution in [2.24, 2.45) is 5.41 Å². The Balaban J connectivity index is 2.99. The Hall–Kier alpha value is -0.835.